The van der Waals surface area contributed by atoms with E-state index < -0.39 is 6.43 Å². The topological polar surface area (TPSA) is 38.9 Å². The molecule has 0 amide bonds. The largest absolute Gasteiger partial charge is 0.397 e. The molecule has 5 heteroatoms. The van der Waals surface area contributed by atoms with Crippen LogP contribution in [0.3, 0.4) is 0 Å². The van der Waals surface area contributed by atoms with Crippen LogP contribution >= 0.6 is 15.9 Å². The lowest BCUT2D eigenvalue weighted by Crippen LogP contribution is -2.01. The van der Waals surface area contributed by atoms with Crippen LogP contribution in [0.1, 0.15) is 17.7 Å². The standard InChI is InChI=1S/C7H7BrF2N2/c1-3-4(8)2-12-6(5(3)11)7(9)10/h2,7H,11H2,1H3. The minimum absolute atomic E-state index is 0.0550. The molecule has 0 atom stereocenters. The monoisotopic (exact) mass is 236 g/mol. The van der Waals surface area contributed by atoms with Crippen molar-refractivity contribution in [3.63, 3.8) is 0 Å². The van der Waals surface area contributed by atoms with Crippen LogP contribution in [0, 0.1) is 6.92 Å². The summed E-state index contributed by atoms with van der Waals surface area (Å²) in [6.45, 7) is 1.66. The maximum absolute atomic E-state index is 12.2. The molecule has 0 saturated heterocycles. The Labute approximate surface area is 76.9 Å². The number of hydrogen-bond donors (Lipinski definition) is 1. The van der Waals surface area contributed by atoms with Crippen molar-refractivity contribution in [3.05, 3.63) is 21.9 Å². The van der Waals surface area contributed by atoms with Crippen molar-refractivity contribution >= 4 is 21.6 Å². The van der Waals surface area contributed by atoms with Gasteiger partial charge in [-0.1, -0.05) is 0 Å². The molecule has 0 fully saturated rings. The van der Waals surface area contributed by atoms with E-state index in [4.69, 9.17) is 5.73 Å². The molecule has 0 aliphatic rings. The van der Waals surface area contributed by atoms with Crippen molar-refractivity contribution in [3.8, 4) is 0 Å². The van der Waals surface area contributed by atoms with Crippen LogP contribution in [0.2, 0.25) is 0 Å². The van der Waals surface area contributed by atoms with Gasteiger partial charge in [0.15, 0.2) is 0 Å². The first-order chi connectivity index (χ1) is 5.54. The molecular formula is C7H7BrF2N2. The number of pyridine rings is 1. The van der Waals surface area contributed by atoms with Crippen LogP contribution in [0.5, 0.6) is 0 Å². The van der Waals surface area contributed by atoms with E-state index in [0.717, 1.165) is 0 Å². The van der Waals surface area contributed by atoms with Crippen LogP contribution in [0.15, 0.2) is 10.7 Å². The van der Waals surface area contributed by atoms with Gasteiger partial charge < -0.3 is 5.73 Å². The van der Waals surface area contributed by atoms with Crippen molar-refractivity contribution in [1.82, 2.24) is 4.98 Å². The Morgan fingerprint density at radius 3 is 2.67 bits per heavy atom. The summed E-state index contributed by atoms with van der Waals surface area (Å²) in [5.74, 6) is 0. The van der Waals surface area contributed by atoms with Gasteiger partial charge in [0.25, 0.3) is 6.43 Å². The molecule has 0 unspecified atom stereocenters. The van der Waals surface area contributed by atoms with E-state index in [0.29, 0.717) is 10.0 Å². The summed E-state index contributed by atoms with van der Waals surface area (Å²) in [5.41, 5.74) is 5.71. The minimum Gasteiger partial charge on any atom is -0.397 e. The average Bonchev–Trinajstić information content (AvgIpc) is 2.00. The Balaban J connectivity index is 3.27. The predicted octanol–water partition coefficient (Wildman–Crippen LogP) is 2.67. The molecule has 2 N–H and O–H groups in total. The van der Waals surface area contributed by atoms with Crippen LogP contribution in [-0.4, -0.2) is 4.98 Å². The molecule has 1 aromatic heterocycles. The molecule has 12 heavy (non-hydrogen) atoms. The van der Waals surface area contributed by atoms with Crippen molar-refractivity contribution < 1.29 is 8.78 Å². The first kappa shape index (κ1) is 9.38. The zero-order chi connectivity index (χ0) is 9.30. The van der Waals surface area contributed by atoms with E-state index in [2.05, 4.69) is 20.9 Å². The average molecular weight is 237 g/mol. The molecule has 0 aliphatic carbocycles. The SMILES string of the molecule is Cc1c(Br)cnc(C(F)F)c1N. The molecule has 66 valence electrons. The smallest absolute Gasteiger partial charge is 0.282 e. The predicted molar refractivity (Wildman–Crippen MR) is 46.0 cm³/mol. The van der Waals surface area contributed by atoms with Gasteiger partial charge in [0.1, 0.15) is 5.69 Å². The molecular weight excluding hydrogens is 230 g/mol. The summed E-state index contributed by atoms with van der Waals surface area (Å²) in [4.78, 5) is 3.52. The zero-order valence-corrected chi connectivity index (χ0v) is 7.90. The highest BCUT2D eigenvalue weighted by atomic mass is 79.9. The lowest BCUT2D eigenvalue weighted by atomic mass is 10.2. The summed E-state index contributed by atoms with van der Waals surface area (Å²) in [7, 11) is 0. The number of anilines is 1. The van der Waals surface area contributed by atoms with Crippen molar-refractivity contribution in [2.75, 3.05) is 5.73 Å². The Hall–Kier alpha value is -0.710. The molecule has 0 radical (unpaired) electrons. The summed E-state index contributed by atoms with van der Waals surface area (Å²) < 4.78 is 25.0. The Morgan fingerprint density at radius 2 is 2.17 bits per heavy atom. The number of nitrogens with two attached hydrogens (primary N) is 1. The molecule has 2 nitrogen and oxygen atoms in total. The molecule has 0 bridgehead atoms. The van der Waals surface area contributed by atoms with E-state index in [-0.39, 0.29) is 11.4 Å². The molecule has 0 saturated carbocycles. The minimum atomic E-state index is -2.61. The van der Waals surface area contributed by atoms with E-state index in [1.54, 1.807) is 6.92 Å². The van der Waals surface area contributed by atoms with Gasteiger partial charge >= 0.3 is 0 Å². The van der Waals surface area contributed by atoms with E-state index in [1.165, 1.54) is 6.20 Å². The number of halogens is 3. The molecule has 1 aromatic rings. The fraction of sp³-hybridized carbons (Fsp3) is 0.286. The summed E-state index contributed by atoms with van der Waals surface area (Å²) in [5, 5.41) is 0. The zero-order valence-electron chi connectivity index (χ0n) is 6.31. The Bertz CT molecular complexity index is 302. The van der Waals surface area contributed by atoms with Gasteiger partial charge in [-0.3, -0.25) is 4.98 Å². The van der Waals surface area contributed by atoms with Gasteiger partial charge in [-0.05, 0) is 28.4 Å². The highest BCUT2D eigenvalue weighted by Crippen LogP contribution is 2.29. The van der Waals surface area contributed by atoms with Crippen molar-refractivity contribution in [1.29, 1.82) is 0 Å². The molecule has 0 spiro atoms. The third-order valence-electron chi connectivity index (χ3n) is 1.56. The number of nitrogens with zero attached hydrogens (tertiary/aromatic N) is 1. The lowest BCUT2D eigenvalue weighted by molar-refractivity contribution is 0.147. The number of rotatable bonds is 1. The molecule has 1 heterocycles. The van der Waals surface area contributed by atoms with Gasteiger partial charge in [-0.2, -0.15) is 0 Å². The summed E-state index contributed by atoms with van der Waals surface area (Å²) >= 11 is 3.14. The third kappa shape index (κ3) is 1.55. The second-order valence-corrected chi connectivity index (χ2v) is 3.19. The van der Waals surface area contributed by atoms with Crippen LogP contribution in [-0.2, 0) is 0 Å². The summed E-state index contributed by atoms with van der Waals surface area (Å²) in [6.07, 6.45) is -1.29. The number of hydrogen-bond acceptors (Lipinski definition) is 2. The Morgan fingerprint density at radius 1 is 1.58 bits per heavy atom. The third-order valence-corrected chi connectivity index (χ3v) is 2.36. The molecule has 0 aliphatic heterocycles. The van der Waals surface area contributed by atoms with Gasteiger partial charge in [-0.15, -0.1) is 0 Å². The first-order valence-corrected chi connectivity index (χ1v) is 4.02. The molecule has 0 aromatic carbocycles. The summed E-state index contributed by atoms with van der Waals surface area (Å²) in [6, 6.07) is 0. The highest BCUT2D eigenvalue weighted by Gasteiger charge is 2.15. The number of aromatic nitrogens is 1. The first-order valence-electron chi connectivity index (χ1n) is 3.22. The fourth-order valence-corrected chi connectivity index (χ4v) is 1.10. The highest BCUT2D eigenvalue weighted by molar-refractivity contribution is 9.10. The molecule has 1 rings (SSSR count). The Kier molecular flexibility index (Phi) is 2.62. The van der Waals surface area contributed by atoms with Crippen LogP contribution in [0.4, 0.5) is 14.5 Å². The lowest BCUT2D eigenvalue weighted by Gasteiger charge is -2.07. The maximum Gasteiger partial charge on any atom is 0.282 e. The van der Waals surface area contributed by atoms with Crippen molar-refractivity contribution in [2.24, 2.45) is 0 Å². The quantitative estimate of drug-likeness (QED) is 0.815. The fourth-order valence-electron chi connectivity index (χ4n) is 0.787. The van der Waals surface area contributed by atoms with Gasteiger partial charge in [0.2, 0.25) is 0 Å². The van der Waals surface area contributed by atoms with Gasteiger partial charge in [0.05, 0.1) is 5.69 Å². The van der Waals surface area contributed by atoms with Crippen LogP contribution in [0.25, 0.3) is 0 Å². The van der Waals surface area contributed by atoms with Gasteiger partial charge in [-0.25, -0.2) is 8.78 Å². The van der Waals surface area contributed by atoms with Crippen molar-refractivity contribution in [2.45, 2.75) is 13.3 Å². The number of alkyl halides is 2. The normalized spacial score (nSPS) is 10.8. The maximum atomic E-state index is 12.2. The van der Waals surface area contributed by atoms with E-state index in [9.17, 15) is 8.78 Å². The van der Waals surface area contributed by atoms with Gasteiger partial charge in [0, 0.05) is 10.7 Å². The number of nitrogen functional groups attached to an aromatic ring is 1. The second kappa shape index (κ2) is 3.35. The second-order valence-electron chi connectivity index (χ2n) is 2.33. The van der Waals surface area contributed by atoms with E-state index in [1.807, 2.05) is 0 Å². The van der Waals surface area contributed by atoms with Crippen LogP contribution < -0.4 is 5.73 Å². The van der Waals surface area contributed by atoms with E-state index >= 15 is 0 Å².